The molecule has 8 nitrogen and oxygen atoms in total. The normalized spacial score (nSPS) is 18.1. The van der Waals surface area contributed by atoms with Crippen LogP contribution in [0, 0.1) is 5.82 Å². The van der Waals surface area contributed by atoms with Crippen LogP contribution in [0.3, 0.4) is 0 Å². The number of nitrogens with one attached hydrogen (secondary N) is 2. The first-order chi connectivity index (χ1) is 14.8. The van der Waals surface area contributed by atoms with Crippen molar-refractivity contribution in [1.29, 1.82) is 0 Å². The van der Waals surface area contributed by atoms with E-state index in [-0.39, 0.29) is 39.8 Å². The number of hydrogen-bond donors (Lipinski definition) is 3. The van der Waals surface area contributed by atoms with Gasteiger partial charge in [-0.25, -0.2) is 17.8 Å². The number of aliphatic hydroxyl groups excluding tert-OH is 1. The second kappa shape index (κ2) is 8.54. The second-order valence-corrected chi connectivity index (χ2v) is 9.66. The van der Waals surface area contributed by atoms with E-state index in [0.29, 0.717) is 24.8 Å². The number of carbonyl (C=O) groups excluding carboxylic acids is 1. The fourth-order valence-electron chi connectivity index (χ4n) is 3.55. The maximum absolute atomic E-state index is 13.4. The van der Waals surface area contributed by atoms with E-state index in [0.717, 1.165) is 6.07 Å². The van der Waals surface area contributed by atoms with Gasteiger partial charge in [-0.15, -0.1) is 0 Å². The largest absolute Gasteiger partial charge is 0.393 e. The molecule has 1 atom stereocenters. The van der Waals surface area contributed by atoms with Crippen molar-refractivity contribution in [2.24, 2.45) is 0 Å². The zero-order chi connectivity index (χ0) is 22.2. The van der Waals surface area contributed by atoms with Gasteiger partial charge < -0.3 is 15.4 Å². The third kappa shape index (κ3) is 4.42. The number of halogens is 2. The lowest BCUT2D eigenvalue weighted by molar-refractivity contribution is 0.102. The Morgan fingerprint density at radius 2 is 2.06 bits per heavy atom. The summed E-state index contributed by atoms with van der Waals surface area (Å²) < 4.78 is 41.4. The number of sulfonamides is 1. The summed E-state index contributed by atoms with van der Waals surface area (Å²) in [7, 11) is -3.96. The Morgan fingerprint density at radius 1 is 1.26 bits per heavy atom. The molecule has 3 aromatic rings. The predicted octanol–water partition coefficient (Wildman–Crippen LogP) is 3.14. The van der Waals surface area contributed by atoms with Gasteiger partial charge in [-0.3, -0.25) is 4.79 Å². The molecule has 1 unspecified atom stereocenters. The Kier molecular flexibility index (Phi) is 5.98. The maximum atomic E-state index is 13.4. The third-order valence-corrected chi connectivity index (χ3v) is 7.40. The molecule has 2 heterocycles. The number of hydrogen-bond acceptors (Lipinski definition) is 5. The van der Waals surface area contributed by atoms with Gasteiger partial charge in [0, 0.05) is 24.3 Å². The summed E-state index contributed by atoms with van der Waals surface area (Å²) in [6, 6.07) is 6.52. The molecule has 31 heavy (non-hydrogen) atoms. The molecule has 2 aromatic carbocycles. The minimum atomic E-state index is -3.96. The standard InChI is InChI=1S/C20H20ClFN4O4S/c21-15-10-13(3-4-16(15)22)25-20(28)12-8-17-19(24-11-23-17)18(9-12)31(29,30)26-6-1-2-14(27)5-7-26/h3-4,8-11,14,27H,1-2,5-7H2,(H,23,24)(H,25,28). The number of carbonyl (C=O) groups is 1. The van der Waals surface area contributed by atoms with Gasteiger partial charge in [0.15, 0.2) is 0 Å². The van der Waals surface area contributed by atoms with E-state index in [1.54, 1.807) is 0 Å². The number of H-pyrrole nitrogens is 1. The number of aliphatic hydroxyl groups is 1. The van der Waals surface area contributed by atoms with E-state index in [2.05, 4.69) is 15.3 Å². The molecule has 1 saturated heterocycles. The van der Waals surface area contributed by atoms with Crippen LogP contribution in [0.15, 0.2) is 41.6 Å². The highest BCUT2D eigenvalue weighted by molar-refractivity contribution is 7.89. The molecule has 11 heteroatoms. The van der Waals surface area contributed by atoms with Crippen molar-refractivity contribution in [3.8, 4) is 0 Å². The topological polar surface area (TPSA) is 115 Å². The molecule has 4 rings (SSSR count). The van der Waals surface area contributed by atoms with E-state index in [1.165, 1.54) is 34.9 Å². The van der Waals surface area contributed by atoms with E-state index in [1.807, 2.05) is 0 Å². The Morgan fingerprint density at radius 3 is 2.84 bits per heavy atom. The minimum absolute atomic E-state index is 0.0885. The molecule has 0 saturated carbocycles. The van der Waals surface area contributed by atoms with Gasteiger partial charge in [-0.05, 0) is 49.6 Å². The van der Waals surface area contributed by atoms with Crippen LogP contribution >= 0.6 is 11.6 Å². The first-order valence-corrected chi connectivity index (χ1v) is 11.5. The Bertz CT molecular complexity index is 1250. The van der Waals surface area contributed by atoms with E-state index < -0.39 is 27.9 Å². The highest BCUT2D eigenvalue weighted by Gasteiger charge is 2.30. The number of imidazole rings is 1. The lowest BCUT2D eigenvalue weighted by Gasteiger charge is -2.20. The molecule has 3 N–H and O–H groups in total. The average Bonchev–Trinajstić information content (AvgIpc) is 3.09. The zero-order valence-corrected chi connectivity index (χ0v) is 17.9. The number of aromatic amines is 1. The van der Waals surface area contributed by atoms with Gasteiger partial charge >= 0.3 is 0 Å². The molecule has 1 amide bonds. The van der Waals surface area contributed by atoms with Crippen molar-refractivity contribution in [1.82, 2.24) is 14.3 Å². The summed E-state index contributed by atoms with van der Waals surface area (Å²) >= 11 is 5.76. The highest BCUT2D eigenvalue weighted by Crippen LogP contribution is 2.28. The first-order valence-electron chi connectivity index (χ1n) is 9.67. The molecule has 1 fully saturated rings. The maximum Gasteiger partial charge on any atom is 0.255 e. The van der Waals surface area contributed by atoms with Crippen LogP contribution in [-0.4, -0.2) is 52.9 Å². The van der Waals surface area contributed by atoms with Crippen molar-refractivity contribution in [2.75, 3.05) is 18.4 Å². The number of aromatic nitrogens is 2. The second-order valence-electron chi connectivity index (χ2n) is 7.34. The molecule has 1 aliphatic rings. The third-order valence-electron chi connectivity index (χ3n) is 5.20. The molecular formula is C20H20ClFN4O4S. The van der Waals surface area contributed by atoms with Gasteiger partial charge in [0.1, 0.15) is 16.2 Å². The van der Waals surface area contributed by atoms with Crippen molar-refractivity contribution in [2.45, 2.75) is 30.3 Å². The number of fused-ring (bicyclic) bond motifs is 1. The first kappa shape index (κ1) is 21.7. The van der Waals surface area contributed by atoms with Crippen LogP contribution in [0.4, 0.5) is 10.1 Å². The lowest BCUT2D eigenvalue weighted by atomic mass is 10.2. The smallest absolute Gasteiger partial charge is 0.255 e. The quantitative estimate of drug-likeness (QED) is 0.546. The molecule has 0 spiro atoms. The average molecular weight is 467 g/mol. The number of rotatable bonds is 4. The van der Waals surface area contributed by atoms with Crippen LogP contribution in [0.1, 0.15) is 29.6 Å². The van der Waals surface area contributed by atoms with Gasteiger partial charge in [-0.1, -0.05) is 11.6 Å². The van der Waals surface area contributed by atoms with Gasteiger partial charge in [0.25, 0.3) is 5.91 Å². The monoisotopic (exact) mass is 466 g/mol. The van der Waals surface area contributed by atoms with Gasteiger partial charge in [0.05, 0.1) is 23.0 Å². The number of anilines is 1. The van der Waals surface area contributed by atoms with E-state index in [4.69, 9.17) is 11.6 Å². The minimum Gasteiger partial charge on any atom is -0.393 e. The zero-order valence-electron chi connectivity index (χ0n) is 16.3. The Balaban J connectivity index is 1.70. The van der Waals surface area contributed by atoms with Crippen molar-refractivity contribution < 1.29 is 22.7 Å². The molecule has 164 valence electrons. The van der Waals surface area contributed by atoms with E-state index >= 15 is 0 Å². The summed E-state index contributed by atoms with van der Waals surface area (Å²) in [6.07, 6.45) is 2.23. The van der Waals surface area contributed by atoms with Crippen molar-refractivity contribution in [3.63, 3.8) is 0 Å². The van der Waals surface area contributed by atoms with Crippen molar-refractivity contribution >= 4 is 44.3 Å². The lowest BCUT2D eigenvalue weighted by Crippen LogP contribution is -2.32. The van der Waals surface area contributed by atoms with Crippen LogP contribution < -0.4 is 5.32 Å². The van der Waals surface area contributed by atoms with Crippen LogP contribution in [0.5, 0.6) is 0 Å². The number of nitrogens with zero attached hydrogens (tertiary/aromatic N) is 2. The fraction of sp³-hybridized carbons (Fsp3) is 0.300. The summed E-state index contributed by atoms with van der Waals surface area (Å²) in [6.45, 7) is 0.454. The highest BCUT2D eigenvalue weighted by atomic mass is 35.5. The molecule has 1 aromatic heterocycles. The number of benzene rings is 2. The van der Waals surface area contributed by atoms with Gasteiger partial charge in [-0.2, -0.15) is 4.31 Å². The summed E-state index contributed by atoms with van der Waals surface area (Å²) in [5, 5.41) is 12.3. The number of amides is 1. The Labute approximate surface area is 183 Å². The van der Waals surface area contributed by atoms with E-state index in [9.17, 15) is 22.7 Å². The SMILES string of the molecule is O=C(Nc1ccc(F)c(Cl)c1)c1cc(S(=O)(=O)N2CCCC(O)CC2)c2nc[nH]c2c1. The van der Waals surface area contributed by atoms with Crippen LogP contribution in [0.2, 0.25) is 5.02 Å². The molecular weight excluding hydrogens is 447 g/mol. The summed E-state index contributed by atoms with van der Waals surface area (Å²) in [5.41, 5.74) is 0.974. The van der Waals surface area contributed by atoms with Crippen LogP contribution in [0.25, 0.3) is 11.0 Å². The van der Waals surface area contributed by atoms with Crippen LogP contribution in [-0.2, 0) is 10.0 Å². The summed E-state index contributed by atoms with van der Waals surface area (Å²) in [5.74, 6) is -1.20. The molecule has 0 bridgehead atoms. The predicted molar refractivity (Wildman–Crippen MR) is 114 cm³/mol. The Hall–Kier alpha value is -2.53. The fourth-order valence-corrected chi connectivity index (χ4v) is 5.41. The van der Waals surface area contributed by atoms with Gasteiger partial charge in [0.2, 0.25) is 10.0 Å². The summed E-state index contributed by atoms with van der Waals surface area (Å²) in [4.78, 5) is 19.7. The molecule has 0 aliphatic carbocycles. The molecule has 0 radical (unpaired) electrons. The van der Waals surface area contributed by atoms with Crippen molar-refractivity contribution in [3.05, 3.63) is 53.1 Å². The molecule has 1 aliphatic heterocycles.